The van der Waals surface area contributed by atoms with Crippen molar-refractivity contribution in [3.8, 4) is 0 Å². The minimum atomic E-state index is -1.07. The van der Waals surface area contributed by atoms with E-state index in [2.05, 4.69) is 0 Å². The second kappa shape index (κ2) is 5.98. The van der Waals surface area contributed by atoms with Crippen molar-refractivity contribution in [2.75, 3.05) is 7.05 Å². The number of benzene rings is 2. The van der Waals surface area contributed by atoms with E-state index in [0.29, 0.717) is 0 Å². The fourth-order valence-electron chi connectivity index (χ4n) is 2.50. The molecule has 22 heavy (non-hydrogen) atoms. The van der Waals surface area contributed by atoms with Crippen LogP contribution in [0, 0.1) is 0 Å². The van der Waals surface area contributed by atoms with Crippen LogP contribution >= 0.6 is 0 Å². The molecule has 5 nitrogen and oxygen atoms in total. The van der Waals surface area contributed by atoms with Crippen LogP contribution in [-0.4, -0.2) is 24.2 Å². The molecule has 3 rings (SSSR count). The van der Waals surface area contributed by atoms with Crippen molar-refractivity contribution in [3.63, 3.8) is 0 Å². The minimum Gasteiger partial charge on any atom is -0.294 e. The maximum absolute atomic E-state index is 11.5. The van der Waals surface area contributed by atoms with E-state index in [1.807, 2.05) is 60.7 Å². The van der Waals surface area contributed by atoms with Gasteiger partial charge < -0.3 is 0 Å². The van der Waals surface area contributed by atoms with Crippen molar-refractivity contribution in [2.45, 2.75) is 18.9 Å². The zero-order valence-corrected chi connectivity index (χ0v) is 12.4. The van der Waals surface area contributed by atoms with Gasteiger partial charge in [-0.05, 0) is 6.92 Å². The normalized spacial score (nSPS) is 21.5. The van der Waals surface area contributed by atoms with Crippen LogP contribution in [0.3, 0.4) is 0 Å². The van der Waals surface area contributed by atoms with Gasteiger partial charge in [0.2, 0.25) is 5.72 Å². The fraction of sp³-hybridized carbons (Fsp3) is 0.235. The van der Waals surface area contributed by atoms with Crippen LogP contribution in [0.5, 0.6) is 0 Å². The summed E-state index contributed by atoms with van der Waals surface area (Å²) in [5.74, 6) is -0.262. The van der Waals surface area contributed by atoms with E-state index in [1.165, 1.54) is 12.0 Å². The summed E-state index contributed by atoms with van der Waals surface area (Å²) in [6, 6.07) is 19.2. The molecule has 0 saturated carbocycles. The number of ketones is 1. The standard InChI is InChI=1S/C17H17NO4/c1-13(19)16-20-18(2)17(22-21-16,14-9-5-3-6-10-14)15-11-7-4-8-12-15/h3-12,16H,1-2H3. The maximum atomic E-state index is 11.5. The van der Waals surface area contributed by atoms with E-state index in [9.17, 15) is 4.79 Å². The number of hydrogen-bond acceptors (Lipinski definition) is 5. The second-order valence-corrected chi connectivity index (χ2v) is 5.10. The van der Waals surface area contributed by atoms with Crippen molar-refractivity contribution >= 4 is 5.78 Å². The van der Waals surface area contributed by atoms with Crippen LogP contribution in [0.1, 0.15) is 18.1 Å². The summed E-state index contributed by atoms with van der Waals surface area (Å²) in [4.78, 5) is 28.0. The molecule has 5 heteroatoms. The van der Waals surface area contributed by atoms with E-state index in [1.54, 1.807) is 7.05 Å². The number of rotatable bonds is 3. The van der Waals surface area contributed by atoms with Gasteiger partial charge in [0.15, 0.2) is 5.78 Å². The van der Waals surface area contributed by atoms with Crippen molar-refractivity contribution in [1.82, 2.24) is 5.06 Å². The van der Waals surface area contributed by atoms with Gasteiger partial charge in [0.25, 0.3) is 6.29 Å². The SMILES string of the molecule is CC(=O)C1OOC(c2ccccc2)(c2ccccc2)N(C)O1. The van der Waals surface area contributed by atoms with Crippen LogP contribution < -0.4 is 0 Å². The molecule has 0 N–H and O–H groups in total. The Morgan fingerprint density at radius 2 is 1.50 bits per heavy atom. The van der Waals surface area contributed by atoms with Crippen LogP contribution in [-0.2, 0) is 25.1 Å². The average molecular weight is 299 g/mol. The highest BCUT2D eigenvalue weighted by Crippen LogP contribution is 2.40. The Hall–Kier alpha value is -2.05. The van der Waals surface area contributed by atoms with Gasteiger partial charge in [-0.15, -0.1) is 5.06 Å². The molecule has 114 valence electrons. The van der Waals surface area contributed by atoms with Gasteiger partial charge in [0.1, 0.15) is 0 Å². The topological polar surface area (TPSA) is 48.0 Å². The molecule has 2 aromatic carbocycles. The summed E-state index contributed by atoms with van der Waals surface area (Å²) in [7, 11) is 1.72. The Kier molecular flexibility index (Phi) is 4.04. The lowest BCUT2D eigenvalue weighted by Crippen LogP contribution is -2.55. The van der Waals surface area contributed by atoms with E-state index in [-0.39, 0.29) is 5.78 Å². The monoisotopic (exact) mass is 299 g/mol. The molecule has 1 atom stereocenters. The Morgan fingerprint density at radius 3 is 1.91 bits per heavy atom. The number of carbonyl (C=O) groups excluding carboxylic acids is 1. The Labute approximate surface area is 128 Å². The Bertz CT molecular complexity index is 605. The smallest absolute Gasteiger partial charge is 0.268 e. The molecule has 0 amide bonds. The van der Waals surface area contributed by atoms with Crippen molar-refractivity contribution in [2.24, 2.45) is 0 Å². The zero-order valence-electron chi connectivity index (χ0n) is 12.4. The molecule has 0 aromatic heterocycles. The van der Waals surface area contributed by atoms with E-state index < -0.39 is 12.0 Å². The summed E-state index contributed by atoms with van der Waals surface area (Å²) >= 11 is 0. The molecule has 1 heterocycles. The maximum Gasteiger partial charge on any atom is 0.268 e. The van der Waals surface area contributed by atoms with Crippen molar-refractivity contribution in [3.05, 3.63) is 71.8 Å². The molecule has 0 radical (unpaired) electrons. The van der Waals surface area contributed by atoms with Gasteiger partial charge in [-0.2, -0.15) is 9.78 Å². The first kappa shape index (κ1) is 14.9. The molecule has 0 aliphatic carbocycles. The molecule has 1 saturated heterocycles. The number of nitrogens with zero attached hydrogens (tertiary/aromatic N) is 1. The van der Waals surface area contributed by atoms with Crippen LogP contribution in [0.15, 0.2) is 60.7 Å². The van der Waals surface area contributed by atoms with Gasteiger partial charge in [-0.3, -0.25) is 9.63 Å². The minimum absolute atomic E-state index is 0.262. The molecule has 1 aliphatic rings. The molecule has 0 spiro atoms. The highest BCUT2D eigenvalue weighted by molar-refractivity contribution is 5.78. The third-order valence-electron chi connectivity index (χ3n) is 3.62. The molecule has 1 fully saturated rings. The van der Waals surface area contributed by atoms with Gasteiger partial charge in [-0.1, -0.05) is 60.7 Å². The summed E-state index contributed by atoms with van der Waals surface area (Å²) < 4.78 is 0. The van der Waals surface area contributed by atoms with Crippen molar-refractivity contribution < 1.29 is 19.4 Å². The molecular formula is C17H17NO4. The highest BCUT2D eigenvalue weighted by Gasteiger charge is 2.48. The lowest BCUT2D eigenvalue weighted by molar-refractivity contribution is -0.540. The van der Waals surface area contributed by atoms with Crippen LogP contribution in [0.25, 0.3) is 0 Å². The summed E-state index contributed by atoms with van der Waals surface area (Å²) in [6.07, 6.45) is -1.06. The first-order chi connectivity index (χ1) is 10.6. The Morgan fingerprint density at radius 1 is 1.00 bits per heavy atom. The number of carbonyl (C=O) groups is 1. The van der Waals surface area contributed by atoms with E-state index in [0.717, 1.165) is 11.1 Å². The van der Waals surface area contributed by atoms with Gasteiger partial charge >= 0.3 is 0 Å². The van der Waals surface area contributed by atoms with Gasteiger partial charge in [0.05, 0.1) is 0 Å². The lowest BCUT2D eigenvalue weighted by atomic mass is 9.94. The average Bonchev–Trinajstić information content (AvgIpc) is 2.56. The predicted molar refractivity (Wildman–Crippen MR) is 79.2 cm³/mol. The Balaban J connectivity index is 2.08. The molecule has 2 aromatic rings. The zero-order chi connectivity index (χ0) is 15.6. The summed E-state index contributed by atoms with van der Waals surface area (Å²) in [6.45, 7) is 1.39. The second-order valence-electron chi connectivity index (χ2n) is 5.10. The molecular weight excluding hydrogens is 282 g/mol. The quantitative estimate of drug-likeness (QED) is 0.815. The largest absolute Gasteiger partial charge is 0.294 e. The first-order valence-corrected chi connectivity index (χ1v) is 7.01. The third-order valence-corrected chi connectivity index (χ3v) is 3.62. The summed E-state index contributed by atoms with van der Waals surface area (Å²) in [5.41, 5.74) is 0.602. The fourth-order valence-corrected chi connectivity index (χ4v) is 2.50. The highest BCUT2D eigenvalue weighted by atomic mass is 17.3. The first-order valence-electron chi connectivity index (χ1n) is 7.01. The number of hydroxylamine groups is 2. The summed E-state index contributed by atoms with van der Waals surface area (Å²) in [5, 5.41) is 1.52. The van der Waals surface area contributed by atoms with Crippen LogP contribution in [0.4, 0.5) is 0 Å². The third kappa shape index (κ3) is 2.44. The molecule has 0 bridgehead atoms. The molecule has 1 unspecified atom stereocenters. The predicted octanol–water partition coefficient (Wildman–Crippen LogP) is 2.63. The van der Waals surface area contributed by atoms with Gasteiger partial charge in [0, 0.05) is 18.2 Å². The number of hydrogen-bond donors (Lipinski definition) is 0. The van der Waals surface area contributed by atoms with Crippen LogP contribution in [0.2, 0.25) is 0 Å². The van der Waals surface area contributed by atoms with Gasteiger partial charge in [-0.25, -0.2) is 0 Å². The van der Waals surface area contributed by atoms with E-state index >= 15 is 0 Å². The van der Waals surface area contributed by atoms with E-state index in [4.69, 9.17) is 14.6 Å². The number of Topliss-reactive ketones (excluding diaryl/α,β-unsaturated/α-hetero) is 1. The lowest BCUT2D eigenvalue weighted by Gasteiger charge is -2.44. The van der Waals surface area contributed by atoms with Crippen molar-refractivity contribution in [1.29, 1.82) is 0 Å². The molecule has 1 aliphatic heterocycles.